The van der Waals surface area contributed by atoms with E-state index >= 15 is 0 Å². The van der Waals surface area contributed by atoms with Gasteiger partial charge in [-0.15, -0.1) is 0 Å². The van der Waals surface area contributed by atoms with E-state index in [1.807, 2.05) is 32.0 Å². The number of amides is 2. The fourth-order valence-corrected chi connectivity index (χ4v) is 6.93. The first-order valence-electron chi connectivity index (χ1n) is 15.4. The minimum absolute atomic E-state index is 0.0925. The van der Waals surface area contributed by atoms with Crippen molar-refractivity contribution >= 4 is 55.1 Å². The van der Waals surface area contributed by atoms with Crippen LogP contribution < -0.4 is 9.62 Å². The highest BCUT2D eigenvalue weighted by molar-refractivity contribution is 9.10. The van der Waals surface area contributed by atoms with E-state index in [1.165, 1.54) is 17.0 Å². The van der Waals surface area contributed by atoms with Gasteiger partial charge in [0.1, 0.15) is 12.6 Å². The van der Waals surface area contributed by atoms with Crippen molar-refractivity contribution in [2.24, 2.45) is 0 Å². The maximum atomic E-state index is 14.6. The highest BCUT2D eigenvalue weighted by Gasteiger charge is 2.38. The first-order chi connectivity index (χ1) is 23.1. The molecule has 1 N–H and O–H groups in total. The van der Waals surface area contributed by atoms with Crippen molar-refractivity contribution in [3.63, 3.8) is 0 Å². The highest BCUT2D eigenvalue weighted by Crippen LogP contribution is 2.38. The van der Waals surface area contributed by atoms with Crippen molar-refractivity contribution in [1.82, 2.24) is 10.2 Å². The van der Waals surface area contributed by atoms with Gasteiger partial charge in [-0.2, -0.15) is 13.2 Å². The number of aryl methyl sites for hydroxylation is 1. The molecule has 2 atom stereocenters. The molecule has 0 aliphatic heterocycles. The summed E-state index contributed by atoms with van der Waals surface area (Å²) in [5.41, 5.74) is 0.466. The van der Waals surface area contributed by atoms with Gasteiger partial charge in [-0.1, -0.05) is 94.6 Å². The molecule has 0 fully saturated rings. The van der Waals surface area contributed by atoms with Crippen molar-refractivity contribution in [3.05, 3.63) is 129 Å². The lowest BCUT2D eigenvalue weighted by Crippen LogP contribution is -2.54. The Kier molecular flexibility index (Phi) is 12.6. The third-order valence-corrected chi connectivity index (χ3v) is 10.6. The zero-order chi connectivity index (χ0) is 35.9. The van der Waals surface area contributed by atoms with Gasteiger partial charge in [-0.25, -0.2) is 8.42 Å². The summed E-state index contributed by atoms with van der Waals surface area (Å²) in [7, 11) is -4.61. The van der Waals surface area contributed by atoms with Crippen molar-refractivity contribution in [1.29, 1.82) is 0 Å². The molecule has 0 unspecified atom stereocenters. The van der Waals surface area contributed by atoms with Gasteiger partial charge in [-0.05, 0) is 73.9 Å². The van der Waals surface area contributed by atoms with Crippen LogP contribution in [0.15, 0.2) is 106 Å². The fraction of sp³-hybridized carbons (Fsp3) is 0.278. The number of benzene rings is 4. The van der Waals surface area contributed by atoms with E-state index in [0.29, 0.717) is 22.4 Å². The minimum Gasteiger partial charge on any atom is -0.352 e. The molecule has 13 heteroatoms. The van der Waals surface area contributed by atoms with Gasteiger partial charge in [0.2, 0.25) is 11.8 Å². The minimum atomic E-state index is -4.90. The van der Waals surface area contributed by atoms with Gasteiger partial charge < -0.3 is 10.2 Å². The fourth-order valence-electron chi connectivity index (χ4n) is 5.03. The number of nitrogens with zero attached hydrogens (tertiary/aromatic N) is 2. The van der Waals surface area contributed by atoms with Crippen LogP contribution in [0.2, 0.25) is 5.02 Å². The Balaban J connectivity index is 1.87. The monoisotopic (exact) mass is 777 g/mol. The second kappa shape index (κ2) is 16.2. The standard InChI is InChI=1S/C36H36BrClF3N3O4S/c1-4-25(3)42-35(46)33(20-26-8-6-5-7-9-26)43(22-27-12-14-28(37)15-13-27)34(45)23-44(49(47,48)30-17-10-24(2)11-18-30)29-16-19-32(38)31(21-29)36(39,40)41/h5-19,21,25,33H,4,20,22-23H2,1-3H3,(H,42,46)/t25-,33+/m1/s1. The Morgan fingerprint density at radius 1 is 0.918 bits per heavy atom. The second-order valence-electron chi connectivity index (χ2n) is 11.7. The molecule has 0 bridgehead atoms. The lowest BCUT2D eigenvalue weighted by Gasteiger charge is -2.34. The van der Waals surface area contributed by atoms with E-state index in [0.717, 1.165) is 27.7 Å². The number of halogens is 5. The van der Waals surface area contributed by atoms with Gasteiger partial charge in [0.25, 0.3) is 10.0 Å². The van der Waals surface area contributed by atoms with E-state index < -0.39 is 56.9 Å². The number of rotatable bonds is 13. The molecular formula is C36H36BrClF3N3O4S. The Morgan fingerprint density at radius 3 is 2.14 bits per heavy atom. The van der Waals surface area contributed by atoms with Gasteiger partial charge >= 0.3 is 6.18 Å². The Bertz CT molecular complexity index is 1860. The molecule has 4 aromatic rings. The van der Waals surface area contributed by atoms with E-state index in [4.69, 9.17) is 11.6 Å². The molecule has 0 aliphatic carbocycles. The lowest BCUT2D eigenvalue weighted by atomic mass is 10.0. The molecule has 0 aromatic heterocycles. The average molecular weight is 779 g/mol. The SMILES string of the molecule is CC[C@@H](C)NC(=O)[C@H](Cc1ccccc1)N(Cc1ccc(Br)cc1)C(=O)CN(c1ccc(Cl)c(C(F)(F)F)c1)S(=O)(=O)c1ccc(C)cc1. The zero-order valence-electron chi connectivity index (χ0n) is 27.0. The molecule has 0 heterocycles. The van der Waals surface area contributed by atoms with Crippen LogP contribution in [0.3, 0.4) is 0 Å². The van der Waals surface area contributed by atoms with Crippen LogP contribution in [0.1, 0.15) is 42.5 Å². The summed E-state index contributed by atoms with van der Waals surface area (Å²) in [4.78, 5) is 29.5. The normalized spacial score (nSPS) is 13.0. The largest absolute Gasteiger partial charge is 0.417 e. The number of hydrogen-bond donors (Lipinski definition) is 1. The van der Waals surface area contributed by atoms with E-state index in [-0.39, 0.29) is 23.9 Å². The number of alkyl halides is 3. The van der Waals surface area contributed by atoms with Crippen molar-refractivity contribution < 1.29 is 31.2 Å². The van der Waals surface area contributed by atoms with Gasteiger partial charge in [0.05, 0.1) is 21.2 Å². The second-order valence-corrected chi connectivity index (χ2v) is 14.8. The summed E-state index contributed by atoms with van der Waals surface area (Å²) in [6, 6.07) is 23.2. The van der Waals surface area contributed by atoms with Gasteiger partial charge in [0, 0.05) is 23.5 Å². The van der Waals surface area contributed by atoms with E-state index in [9.17, 15) is 31.2 Å². The van der Waals surface area contributed by atoms with Crippen LogP contribution in [0.25, 0.3) is 0 Å². The van der Waals surface area contributed by atoms with Crippen LogP contribution >= 0.6 is 27.5 Å². The van der Waals surface area contributed by atoms with Crippen LogP contribution in [0, 0.1) is 6.92 Å². The topological polar surface area (TPSA) is 86.8 Å². The molecule has 2 amide bonds. The molecular weight excluding hydrogens is 743 g/mol. The summed E-state index contributed by atoms with van der Waals surface area (Å²) < 4.78 is 71.7. The number of carbonyl (C=O) groups is 2. The highest BCUT2D eigenvalue weighted by atomic mass is 79.9. The molecule has 0 aliphatic rings. The third kappa shape index (κ3) is 9.86. The zero-order valence-corrected chi connectivity index (χ0v) is 30.2. The average Bonchev–Trinajstić information content (AvgIpc) is 3.06. The number of nitrogens with one attached hydrogen (secondary N) is 1. The van der Waals surface area contributed by atoms with Gasteiger partial charge in [-0.3, -0.25) is 13.9 Å². The van der Waals surface area contributed by atoms with E-state index in [2.05, 4.69) is 21.2 Å². The van der Waals surface area contributed by atoms with Crippen LogP contribution in [0.5, 0.6) is 0 Å². The number of anilines is 1. The van der Waals surface area contributed by atoms with E-state index in [1.54, 1.807) is 55.5 Å². The summed E-state index contributed by atoms with van der Waals surface area (Å²) in [5, 5.41) is 2.32. The quantitative estimate of drug-likeness (QED) is 0.148. The molecule has 0 radical (unpaired) electrons. The first kappa shape index (κ1) is 37.9. The maximum Gasteiger partial charge on any atom is 0.417 e. The predicted molar refractivity (Wildman–Crippen MR) is 189 cm³/mol. The molecule has 260 valence electrons. The molecule has 4 aromatic carbocycles. The number of carbonyl (C=O) groups excluding carboxylic acids is 2. The summed E-state index contributed by atoms with van der Waals surface area (Å²) in [6.45, 7) is 4.48. The maximum absolute atomic E-state index is 14.6. The van der Waals surface area contributed by atoms with Crippen LogP contribution in [0.4, 0.5) is 18.9 Å². The third-order valence-electron chi connectivity index (χ3n) is 7.97. The molecule has 0 saturated heterocycles. The van der Waals surface area contributed by atoms with Crippen molar-refractivity contribution in [2.45, 2.75) is 63.3 Å². The first-order valence-corrected chi connectivity index (χ1v) is 18.1. The number of sulfonamides is 1. The Morgan fingerprint density at radius 2 is 1.55 bits per heavy atom. The lowest BCUT2D eigenvalue weighted by molar-refractivity contribution is -0.140. The van der Waals surface area contributed by atoms with Crippen molar-refractivity contribution in [3.8, 4) is 0 Å². The Hall–Kier alpha value is -3.87. The summed E-state index contributed by atoms with van der Waals surface area (Å²) >= 11 is 9.28. The van der Waals surface area contributed by atoms with Gasteiger partial charge in [0.15, 0.2) is 0 Å². The van der Waals surface area contributed by atoms with Crippen LogP contribution in [-0.4, -0.2) is 43.8 Å². The molecule has 49 heavy (non-hydrogen) atoms. The van der Waals surface area contributed by atoms with Crippen LogP contribution in [-0.2, 0) is 38.8 Å². The summed E-state index contributed by atoms with van der Waals surface area (Å²) in [6.07, 6.45) is -4.20. The predicted octanol–water partition coefficient (Wildman–Crippen LogP) is 8.18. The molecule has 0 saturated carbocycles. The molecule has 7 nitrogen and oxygen atoms in total. The van der Waals surface area contributed by atoms with Crippen molar-refractivity contribution in [2.75, 3.05) is 10.8 Å². The Labute approximate surface area is 298 Å². The molecule has 0 spiro atoms. The summed E-state index contributed by atoms with van der Waals surface area (Å²) in [5.74, 6) is -1.26. The molecule has 4 rings (SSSR count). The smallest absolute Gasteiger partial charge is 0.352 e. The number of hydrogen-bond acceptors (Lipinski definition) is 4.